The number of rotatable bonds is 3. The molecule has 1 rings (SSSR count). The predicted molar refractivity (Wildman–Crippen MR) is 43.0 cm³/mol. The lowest BCUT2D eigenvalue weighted by molar-refractivity contribution is 0.184. The average molecular weight is 188 g/mol. The maximum atomic E-state index is 13.0. The van der Waals surface area contributed by atoms with Crippen molar-refractivity contribution in [2.75, 3.05) is 7.11 Å². The molecule has 1 aromatic rings. The largest absolute Gasteiger partial charge is 0.391 e. The SMILES string of the molecule is COCc1cc(F)c(CO)c(F)c1. The Labute approximate surface area is 74.8 Å². The van der Waals surface area contributed by atoms with Crippen molar-refractivity contribution in [3.63, 3.8) is 0 Å². The van der Waals surface area contributed by atoms with Gasteiger partial charge < -0.3 is 9.84 Å². The second-order valence-corrected chi connectivity index (χ2v) is 2.63. The third-order valence-corrected chi connectivity index (χ3v) is 1.67. The molecule has 0 aliphatic carbocycles. The highest BCUT2D eigenvalue weighted by molar-refractivity contribution is 5.25. The second kappa shape index (κ2) is 4.30. The lowest BCUT2D eigenvalue weighted by atomic mass is 10.1. The van der Waals surface area contributed by atoms with E-state index in [4.69, 9.17) is 9.84 Å². The number of benzene rings is 1. The van der Waals surface area contributed by atoms with Gasteiger partial charge in [0, 0.05) is 12.7 Å². The summed E-state index contributed by atoms with van der Waals surface area (Å²) in [5, 5.41) is 8.61. The summed E-state index contributed by atoms with van der Waals surface area (Å²) in [5.74, 6) is -1.48. The van der Waals surface area contributed by atoms with Crippen LogP contribution < -0.4 is 0 Å². The minimum atomic E-state index is -0.741. The molecule has 4 heteroatoms. The summed E-state index contributed by atoms with van der Waals surface area (Å²) in [4.78, 5) is 0. The van der Waals surface area contributed by atoms with Gasteiger partial charge in [0.2, 0.25) is 0 Å². The fourth-order valence-corrected chi connectivity index (χ4v) is 1.06. The Hall–Kier alpha value is -1.00. The zero-order chi connectivity index (χ0) is 9.84. The van der Waals surface area contributed by atoms with E-state index in [1.807, 2.05) is 0 Å². The van der Waals surface area contributed by atoms with E-state index in [1.54, 1.807) is 0 Å². The minimum absolute atomic E-state index is 0.152. The summed E-state index contributed by atoms with van der Waals surface area (Å²) >= 11 is 0. The Morgan fingerprint density at radius 3 is 2.23 bits per heavy atom. The molecule has 2 nitrogen and oxygen atoms in total. The van der Waals surface area contributed by atoms with Crippen LogP contribution in [0.2, 0.25) is 0 Å². The van der Waals surface area contributed by atoms with Crippen molar-refractivity contribution in [3.8, 4) is 0 Å². The number of aliphatic hydroxyl groups excluding tert-OH is 1. The molecule has 0 saturated carbocycles. The van der Waals surface area contributed by atoms with Gasteiger partial charge in [0.25, 0.3) is 0 Å². The van der Waals surface area contributed by atoms with Gasteiger partial charge in [-0.05, 0) is 17.7 Å². The fourth-order valence-electron chi connectivity index (χ4n) is 1.06. The Morgan fingerprint density at radius 2 is 1.85 bits per heavy atom. The highest BCUT2D eigenvalue weighted by atomic mass is 19.1. The lowest BCUT2D eigenvalue weighted by Crippen LogP contribution is -1.98. The molecule has 0 heterocycles. The maximum Gasteiger partial charge on any atom is 0.132 e. The highest BCUT2D eigenvalue weighted by Crippen LogP contribution is 2.15. The summed E-state index contributed by atoms with van der Waals surface area (Å²) in [7, 11) is 1.44. The molecule has 0 unspecified atom stereocenters. The molecule has 0 saturated heterocycles. The number of halogens is 2. The molecule has 0 amide bonds. The molecule has 1 aromatic carbocycles. The van der Waals surface area contributed by atoms with E-state index in [-0.39, 0.29) is 12.2 Å². The number of methoxy groups -OCH3 is 1. The van der Waals surface area contributed by atoms with E-state index in [0.29, 0.717) is 5.56 Å². The van der Waals surface area contributed by atoms with Crippen LogP contribution in [0.5, 0.6) is 0 Å². The monoisotopic (exact) mass is 188 g/mol. The standard InChI is InChI=1S/C9H10F2O2/c1-13-5-6-2-8(10)7(4-12)9(11)3-6/h2-3,12H,4-5H2,1H3. The van der Waals surface area contributed by atoms with Crippen LogP contribution in [-0.4, -0.2) is 12.2 Å². The van der Waals surface area contributed by atoms with Crippen LogP contribution in [0.15, 0.2) is 12.1 Å². The van der Waals surface area contributed by atoms with E-state index < -0.39 is 18.2 Å². The highest BCUT2D eigenvalue weighted by Gasteiger charge is 2.09. The van der Waals surface area contributed by atoms with Gasteiger partial charge in [0.05, 0.1) is 13.2 Å². The zero-order valence-electron chi connectivity index (χ0n) is 7.18. The molecule has 0 spiro atoms. The van der Waals surface area contributed by atoms with Gasteiger partial charge in [-0.25, -0.2) is 8.78 Å². The van der Waals surface area contributed by atoms with Crippen LogP contribution >= 0.6 is 0 Å². The Morgan fingerprint density at radius 1 is 1.31 bits per heavy atom. The Bertz CT molecular complexity index is 277. The minimum Gasteiger partial charge on any atom is -0.391 e. The van der Waals surface area contributed by atoms with Gasteiger partial charge in [-0.3, -0.25) is 0 Å². The van der Waals surface area contributed by atoms with Crippen LogP contribution in [0, 0.1) is 11.6 Å². The molecule has 1 N–H and O–H groups in total. The Kier molecular flexibility index (Phi) is 3.33. The third-order valence-electron chi connectivity index (χ3n) is 1.67. The summed E-state index contributed by atoms with van der Waals surface area (Å²) in [6.07, 6.45) is 0. The van der Waals surface area contributed by atoms with Crippen LogP contribution in [0.1, 0.15) is 11.1 Å². The van der Waals surface area contributed by atoms with E-state index >= 15 is 0 Å². The normalized spacial score (nSPS) is 10.5. The van der Waals surface area contributed by atoms with Gasteiger partial charge in [-0.1, -0.05) is 0 Å². The summed E-state index contributed by atoms with van der Waals surface area (Å²) in [6.45, 7) is -0.482. The molecule has 0 fully saturated rings. The smallest absolute Gasteiger partial charge is 0.132 e. The quantitative estimate of drug-likeness (QED) is 0.780. The molecule has 0 atom stereocenters. The van der Waals surface area contributed by atoms with Crippen molar-refractivity contribution in [2.24, 2.45) is 0 Å². The first-order valence-corrected chi connectivity index (χ1v) is 3.75. The topological polar surface area (TPSA) is 29.5 Å². The van der Waals surface area contributed by atoms with Gasteiger partial charge in [0.15, 0.2) is 0 Å². The van der Waals surface area contributed by atoms with Gasteiger partial charge in [-0.2, -0.15) is 0 Å². The first kappa shape index (κ1) is 10.1. The fraction of sp³-hybridized carbons (Fsp3) is 0.333. The molecule has 72 valence electrons. The van der Waals surface area contributed by atoms with Crippen LogP contribution in [0.25, 0.3) is 0 Å². The van der Waals surface area contributed by atoms with Crippen molar-refractivity contribution >= 4 is 0 Å². The molecule has 13 heavy (non-hydrogen) atoms. The number of ether oxygens (including phenoxy) is 1. The van der Waals surface area contributed by atoms with E-state index in [0.717, 1.165) is 12.1 Å². The molecule has 0 aromatic heterocycles. The number of aliphatic hydroxyl groups is 1. The summed E-state index contributed by atoms with van der Waals surface area (Å²) in [6, 6.07) is 2.30. The first-order chi connectivity index (χ1) is 6.19. The van der Waals surface area contributed by atoms with Crippen LogP contribution in [0.4, 0.5) is 8.78 Å². The first-order valence-electron chi connectivity index (χ1n) is 3.75. The second-order valence-electron chi connectivity index (χ2n) is 2.63. The summed E-state index contributed by atoms with van der Waals surface area (Å²) in [5.41, 5.74) is 0.106. The van der Waals surface area contributed by atoms with E-state index in [1.165, 1.54) is 7.11 Å². The van der Waals surface area contributed by atoms with Gasteiger partial charge in [0.1, 0.15) is 11.6 Å². The maximum absolute atomic E-state index is 13.0. The predicted octanol–water partition coefficient (Wildman–Crippen LogP) is 1.60. The number of hydrogen-bond acceptors (Lipinski definition) is 2. The van der Waals surface area contributed by atoms with Crippen molar-refractivity contribution in [2.45, 2.75) is 13.2 Å². The van der Waals surface area contributed by atoms with Crippen molar-refractivity contribution in [1.29, 1.82) is 0 Å². The van der Waals surface area contributed by atoms with Crippen molar-refractivity contribution < 1.29 is 18.6 Å². The van der Waals surface area contributed by atoms with Crippen LogP contribution in [0.3, 0.4) is 0 Å². The molecular weight excluding hydrogens is 178 g/mol. The lowest BCUT2D eigenvalue weighted by Gasteiger charge is -2.04. The van der Waals surface area contributed by atoms with Gasteiger partial charge >= 0.3 is 0 Å². The zero-order valence-corrected chi connectivity index (χ0v) is 7.18. The molecule has 0 bridgehead atoms. The third kappa shape index (κ3) is 2.23. The molecule has 0 radical (unpaired) electrons. The molecule has 0 aliphatic heterocycles. The van der Waals surface area contributed by atoms with Crippen LogP contribution in [-0.2, 0) is 18.0 Å². The average Bonchev–Trinajstić information content (AvgIpc) is 2.04. The van der Waals surface area contributed by atoms with Gasteiger partial charge in [-0.15, -0.1) is 0 Å². The van der Waals surface area contributed by atoms with Crippen molar-refractivity contribution in [1.82, 2.24) is 0 Å². The molecular formula is C9H10F2O2. The van der Waals surface area contributed by atoms with E-state index in [9.17, 15) is 8.78 Å². The van der Waals surface area contributed by atoms with Crippen molar-refractivity contribution in [3.05, 3.63) is 34.9 Å². The van der Waals surface area contributed by atoms with E-state index in [2.05, 4.69) is 0 Å². The number of hydrogen-bond donors (Lipinski definition) is 1. The summed E-state index contributed by atoms with van der Waals surface area (Å²) < 4.78 is 30.7. The molecule has 0 aliphatic rings. The Balaban J connectivity index is 3.05.